The van der Waals surface area contributed by atoms with Gasteiger partial charge in [0.25, 0.3) is 0 Å². The second kappa shape index (κ2) is 7.75. The van der Waals surface area contributed by atoms with Crippen LogP contribution in [-0.2, 0) is 11.3 Å². The first-order valence-electron chi connectivity index (χ1n) is 10.1. The predicted molar refractivity (Wildman–Crippen MR) is 113 cm³/mol. The van der Waals surface area contributed by atoms with Gasteiger partial charge in [0.2, 0.25) is 0 Å². The summed E-state index contributed by atoms with van der Waals surface area (Å²) in [7, 11) is 0. The summed E-state index contributed by atoms with van der Waals surface area (Å²) >= 11 is 0. The standard InChI is InChI=1S/C25H21FN2O2/c26-20-6-3-5-17(14-20)18-8-9-21(27-15-18)10-11-23-22-7-2-1-4-19(22)16-28-24(23)12-13-30-25(28)29/h1-11,14-15,23-24H,12-13,16H2/b11-10+/t23?,24-/m1/s1. The van der Waals surface area contributed by atoms with Crippen molar-refractivity contribution in [1.82, 2.24) is 9.88 Å². The molecule has 0 radical (unpaired) electrons. The molecule has 2 aromatic carbocycles. The van der Waals surface area contributed by atoms with Crippen LogP contribution >= 0.6 is 0 Å². The lowest BCUT2D eigenvalue weighted by Crippen LogP contribution is -2.50. The van der Waals surface area contributed by atoms with E-state index in [1.54, 1.807) is 12.3 Å². The number of cyclic esters (lactones) is 1. The Balaban J connectivity index is 1.43. The number of hydrogen-bond donors (Lipinski definition) is 0. The number of nitrogens with zero attached hydrogens (tertiary/aromatic N) is 2. The van der Waals surface area contributed by atoms with Crippen molar-refractivity contribution in [3.8, 4) is 11.1 Å². The van der Waals surface area contributed by atoms with Crippen LogP contribution in [0.5, 0.6) is 0 Å². The van der Waals surface area contributed by atoms with E-state index in [4.69, 9.17) is 4.74 Å². The zero-order valence-corrected chi connectivity index (χ0v) is 16.4. The van der Waals surface area contributed by atoms with E-state index in [-0.39, 0.29) is 23.9 Å². The fourth-order valence-electron chi connectivity index (χ4n) is 4.37. The SMILES string of the molecule is O=C1OCC[C@@H]2C(/C=C/c3ccc(-c4cccc(F)c4)cn3)c3ccccc3CN12. The topological polar surface area (TPSA) is 42.4 Å². The highest BCUT2D eigenvalue weighted by atomic mass is 19.1. The Morgan fingerprint density at radius 1 is 1.07 bits per heavy atom. The molecule has 1 aromatic heterocycles. The molecule has 1 amide bonds. The molecule has 5 rings (SSSR count). The minimum Gasteiger partial charge on any atom is -0.449 e. The molecule has 1 unspecified atom stereocenters. The number of ether oxygens (including phenoxy) is 1. The molecule has 3 heterocycles. The molecule has 2 atom stereocenters. The number of amides is 1. The maximum Gasteiger partial charge on any atom is 0.410 e. The van der Waals surface area contributed by atoms with Crippen LogP contribution < -0.4 is 0 Å². The molecule has 2 aliphatic rings. The van der Waals surface area contributed by atoms with Gasteiger partial charge < -0.3 is 4.74 Å². The fraction of sp³-hybridized carbons (Fsp3) is 0.200. The zero-order valence-electron chi connectivity index (χ0n) is 16.4. The van der Waals surface area contributed by atoms with Crippen LogP contribution in [0, 0.1) is 5.82 Å². The van der Waals surface area contributed by atoms with Gasteiger partial charge in [0, 0.05) is 36.7 Å². The minimum absolute atomic E-state index is 0.0870. The van der Waals surface area contributed by atoms with Crippen molar-refractivity contribution < 1.29 is 13.9 Å². The lowest BCUT2D eigenvalue weighted by atomic mass is 9.81. The Bertz CT molecular complexity index is 1110. The third-order valence-corrected chi connectivity index (χ3v) is 5.86. The Hall–Kier alpha value is -3.47. The lowest BCUT2D eigenvalue weighted by Gasteiger charge is -2.43. The average Bonchev–Trinajstić information content (AvgIpc) is 2.78. The summed E-state index contributed by atoms with van der Waals surface area (Å²) in [5.41, 5.74) is 4.90. The van der Waals surface area contributed by atoms with Gasteiger partial charge in [-0.1, -0.05) is 48.5 Å². The predicted octanol–water partition coefficient (Wildman–Crippen LogP) is 5.41. The van der Waals surface area contributed by atoms with E-state index in [0.29, 0.717) is 13.2 Å². The maximum atomic E-state index is 13.5. The van der Waals surface area contributed by atoms with Crippen LogP contribution in [0.1, 0.15) is 29.2 Å². The second-order valence-electron chi connectivity index (χ2n) is 7.66. The summed E-state index contributed by atoms with van der Waals surface area (Å²) < 4.78 is 18.7. The van der Waals surface area contributed by atoms with E-state index in [1.807, 2.05) is 41.3 Å². The largest absolute Gasteiger partial charge is 0.449 e. The molecule has 0 bridgehead atoms. The number of benzene rings is 2. The lowest BCUT2D eigenvalue weighted by molar-refractivity contribution is 0.0315. The molecule has 30 heavy (non-hydrogen) atoms. The van der Waals surface area contributed by atoms with Gasteiger partial charge >= 0.3 is 6.09 Å². The molecule has 1 fully saturated rings. The van der Waals surface area contributed by atoms with Crippen molar-refractivity contribution in [2.24, 2.45) is 0 Å². The number of pyridine rings is 1. The molecule has 0 spiro atoms. The Kier molecular flexibility index (Phi) is 4.79. The maximum absolute atomic E-state index is 13.5. The van der Waals surface area contributed by atoms with E-state index in [1.165, 1.54) is 17.7 Å². The highest BCUT2D eigenvalue weighted by Gasteiger charge is 2.39. The number of hydrogen-bond acceptors (Lipinski definition) is 3. The van der Waals surface area contributed by atoms with E-state index in [9.17, 15) is 9.18 Å². The smallest absolute Gasteiger partial charge is 0.410 e. The van der Waals surface area contributed by atoms with Crippen LogP contribution in [0.2, 0.25) is 0 Å². The monoisotopic (exact) mass is 400 g/mol. The van der Waals surface area contributed by atoms with Gasteiger partial charge in [-0.2, -0.15) is 0 Å². The summed E-state index contributed by atoms with van der Waals surface area (Å²) in [5.74, 6) is -0.171. The van der Waals surface area contributed by atoms with Crippen LogP contribution in [0.3, 0.4) is 0 Å². The van der Waals surface area contributed by atoms with Crippen LogP contribution in [0.4, 0.5) is 9.18 Å². The zero-order chi connectivity index (χ0) is 20.5. The Labute approximate surface area is 174 Å². The molecular formula is C25H21FN2O2. The number of carbonyl (C=O) groups excluding carboxylic acids is 1. The fourth-order valence-corrected chi connectivity index (χ4v) is 4.37. The minimum atomic E-state index is -0.261. The van der Waals surface area contributed by atoms with Crippen LogP contribution in [0.15, 0.2) is 72.9 Å². The molecular weight excluding hydrogens is 379 g/mol. The first kappa shape index (κ1) is 18.6. The Morgan fingerprint density at radius 3 is 2.80 bits per heavy atom. The van der Waals surface area contributed by atoms with Crippen molar-refractivity contribution in [3.05, 3.63) is 95.6 Å². The van der Waals surface area contributed by atoms with Gasteiger partial charge in [-0.15, -0.1) is 0 Å². The molecule has 0 N–H and O–H groups in total. The number of rotatable bonds is 3. The molecule has 5 heteroatoms. The molecule has 4 nitrogen and oxygen atoms in total. The quantitative estimate of drug-likeness (QED) is 0.590. The Morgan fingerprint density at radius 2 is 1.97 bits per heavy atom. The molecule has 2 aliphatic heterocycles. The van der Waals surface area contributed by atoms with E-state index in [0.717, 1.165) is 28.8 Å². The normalized spacial score (nSPS) is 20.6. The number of fused-ring (bicyclic) bond motifs is 2. The molecule has 150 valence electrons. The van der Waals surface area contributed by atoms with Gasteiger partial charge in [-0.05, 0) is 41.0 Å². The second-order valence-corrected chi connectivity index (χ2v) is 7.66. The summed E-state index contributed by atoms with van der Waals surface area (Å²) in [6.45, 7) is 1.04. The highest BCUT2D eigenvalue weighted by molar-refractivity contribution is 5.70. The van der Waals surface area contributed by atoms with Crippen molar-refractivity contribution in [2.75, 3.05) is 6.61 Å². The molecule has 0 saturated carbocycles. The molecule has 3 aromatic rings. The highest BCUT2D eigenvalue weighted by Crippen LogP contribution is 2.38. The number of aromatic nitrogens is 1. The van der Waals surface area contributed by atoms with E-state index >= 15 is 0 Å². The average molecular weight is 400 g/mol. The van der Waals surface area contributed by atoms with E-state index < -0.39 is 0 Å². The molecule has 1 saturated heterocycles. The van der Waals surface area contributed by atoms with Gasteiger partial charge in [-0.3, -0.25) is 9.88 Å². The third-order valence-electron chi connectivity index (χ3n) is 5.86. The third kappa shape index (κ3) is 3.47. The van der Waals surface area contributed by atoms with Crippen molar-refractivity contribution in [3.63, 3.8) is 0 Å². The van der Waals surface area contributed by atoms with Crippen molar-refractivity contribution in [2.45, 2.75) is 24.9 Å². The van der Waals surface area contributed by atoms with Crippen LogP contribution in [-0.4, -0.2) is 28.6 Å². The van der Waals surface area contributed by atoms with Gasteiger partial charge in [0.1, 0.15) is 5.82 Å². The summed E-state index contributed by atoms with van der Waals surface area (Å²) in [4.78, 5) is 18.7. The van der Waals surface area contributed by atoms with Crippen molar-refractivity contribution >= 4 is 12.2 Å². The summed E-state index contributed by atoms with van der Waals surface area (Å²) in [5, 5.41) is 0. The van der Waals surface area contributed by atoms with Crippen molar-refractivity contribution in [1.29, 1.82) is 0 Å². The molecule has 0 aliphatic carbocycles. The van der Waals surface area contributed by atoms with Gasteiger partial charge in [0.15, 0.2) is 0 Å². The first-order valence-corrected chi connectivity index (χ1v) is 10.1. The van der Waals surface area contributed by atoms with Gasteiger partial charge in [0.05, 0.1) is 12.3 Å². The number of carbonyl (C=O) groups is 1. The summed E-state index contributed by atoms with van der Waals surface area (Å²) in [6.07, 6.45) is 6.46. The first-order chi connectivity index (χ1) is 14.7. The van der Waals surface area contributed by atoms with Crippen LogP contribution in [0.25, 0.3) is 17.2 Å². The number of halogens is 1. The summed E-state index contributed by atoms with van der Waals surface area (Å²) in [6, 6.07) is 18.7. The van der Waals surface area contributed by atoms with Gasteiger partial charge in [-0.25, -0.2) is 9.18 Å². The van der Waals surface area contributed by atoms with E-state index in [2.05, 4.69) is 23.2 Å².